The third-order valence-electron chi connectivity index (χ3n) is 3.35. The summed E-state index contributed by atoms with van der Waals surface area (Å²) < 4.78 is 9.32. The fraction of sp³-hybridized carbons (Fsp3) is 0.933. The van der Waals surface area contributed by atoms with Crippen LogP contribution < -0.4 is 0 Å². The van der Waals surface area contributed by atoms with E-state index in [1.807, 2.05) is 0 Å². The lowest BCUT2D eigenvalue weighted by atomic mass is 10.1. The van der Waals surface area contributed by atoms with Gasteiger partial charge >= 0.3 is 5.97 Å². The van der Waals surface area contributed by atoms with Crippen LogP contribution in [-0.4, -0.2) is 34.0 Å². The van der Waals surface area contributed by atoms with Crippen molar-refractivity contribution in [2.24, 2.45) is 0 Å². The molecule has 0 bridgehead atoms. The van der Waals surface area contributed by atoms with Crippen LogP contribution in [0.3, 0.4) is 0 Å². The number of hydrogen-bond acceptors (Lipinski definition) is 3. The fourth-order valence-corrected chi connectivity index (χ4v) is 3.57. The topological polar surface area (TPSA) is 35.5 Å². The van der Waals surface area contributed by atoms with E-state index in [-0.39, 0.29) is 5.97 Å². The fourth-order valence-electron chi connectivity index (χ4n) is 2.22. The van der Waals surface area contributed by atoms with Crippen LogP contribution in [0.4, 0.5) is 0 Å². The summed E-state index contributed by atoms with van der Waals surface area (Å²) in [5.41, 5.74) is 0. The molecule has 0 unspecified atom stereocenters. The molecule has 0 amide bonds. The standard InChI is InChI=1S/C15H30Cl2O3Si/c1-14(18)19-12-10-8-6-4-2-3-5-7-9-11-15(16,17)13-20-21/h2-13H2,1,21H3. The smallest absolute Gasteiger partial charge is 0.302 e. The minimum Gasteiger partial charge on any atom is -0.466 e. The Balaban J connectivity index is 3.17. The number of rotatable bonds is 14. The first-order valence-electron chi connectivity index (χ1n) is 7.98. The maximum Gasteiger partial charge on any atom is 0.302 e. The van der Waals surface area contributed by atoms with Crippen molar-refractivity contribution >= 4 is 39.7 Å². The van der Waals surface area contributed by atoms with E-state index in [4.69, 9.17) is 32.4 Å². The van der Waals surface area contributed by atoms with Crippen LogP contribution in [0.2, 0.25) is 0 Å². The predicted molar refractivity (Wildman–Crippen MR) is 93.1 cm³/mol. The van der Waals surface area contributed by atoms with E-state index in [1.165, 1.54) is 45.4 Å². The molecule has 0 aromatic heterocycles. The van der Waals surface area contributed by atoms with Crippen molar-refractivity contribution in [2.45, 2.75) is 75.5 Å². The predicted octanol–water partition coefficient (Wildman–Crippen LogP) is 3.92. The van der Waals surface area contributed by atoms with Gasteiger partial charge in [-0.2, -0.15) is 0 Å². The van der Waals surface area contributed by atoms with Gasteiger partial charge in [-0.3, -0.25) is 4.79 Å². The van der Waals surface area contributed by atoms with Crippen molar-refractivity contribution in [3.63, 3.8) is 0 Å². The Morgan fingerprint density at radius 1 is 0.952 bits per heavy atom. The molecule has 0 saturated heterocycles. The second-order valence-corrected chi connectivity index (χ2v) is 7.78. The molecule has 0 aliphatic rings. The number of halogens is 2. The van der Waals surface area contributed by atoms with Crippen LogP contribution in [0.15, 0.2) is 0 Å². The maximum absolute atomic E-state index is 10.6. The lowest BCUT2D eigenvalue weighted by Gasteiger charge is -2.18. The lowest BCUT2D eigenvalue weighted by molar-refractivity contribution is -0.141. The van der Waals surface area contributed by atoms with Crippen molar-refractivity contribution in [1.82, 2.24) is 0 Å². The van der Waals surface area contributed by atoms with Crippen molar-refractivity contribution in [1.29, 1.82) is 0 Å². The Hall–Kier alpha value is 0.227. The molecule has 0 fully saturated rings. The number of hydrogen-bond donors (Lipinski definition) is 0. The second kappa shape index (κ2) is 13.9. The first kappa shape index (κ1) is 21.2. The molecule has 0 radical (unpaired) electrons. The molecule has 21 heavy (non-hydrogen) atoms. The highest BCUT2D eigenvalue weighted by Crippen LogP contribution is 2.28. The molecule has 3 nitrogen and oxygen atoms in total. The molecule has 0 rings (SSSR count). The third-order valence-corrected chi connectivity index (χ3v) is 4.23. The van der Waals surface area contributed by atoms with Gasteiger partial charge in [0.05, 0.1) is 13.2 Å². The first-order chi connectivity index (χ1) is 9.98. The molecule has 0 aliphatic carbocycles. The summed E-state index contributed by atoms with van der Waals surface area (Å²) in [4.78, 5) is 10.6. The highest BCUT2D eigenvalue weighted by atomic mass is 35.5. The minimum absolute atomic E-state index is 0.180. The van der Waals surface area contributed by atoms with Crippen molar-refractivity contribution in [2.75, 3.05) is 13.2 Å². The molecule has 126 valence electrons. The molecule has 0 aliphatic heterocycles. The second-order valence-electron chi connectivity index (χ2n) is 5.56. The lowest BCUT2D eigenvalue weighted by Crippen LogP contribution is -2.20. The SMILES string of the molecule is CC(=O)OCCCCCCCCCCCC(Cl)(Cl)CO[SiH3]. The van der Waals surface area contributed by atoms with Gasteiger partial charge in [0, 0.05) is 6.92 Å². The van der Waals surface area contributed by atoms with E-state index in [0.717, 1.165) is 25.7 Å². The van der Waals surface area contributed by atoms with Crippen molar-refractivity contribution in [3.8, 4) is 0 Å². The average molecular weight is 357 g/mol. The van der Waals surface area contributed by atoms with Gasteiger partial charge in [-0.1, -0.05) is 74.6 Å². The van der Waals surface area contributed by atoms with Crippen LogP contribution >= 0.6 is 23.2 Å². The van der Waals surface area contributed by atoms with Gasteiger partial charge in [-0.15, -0.1) is 0 Å². The summed E-state index contributed by atoms with van der Waals surface area (Å²) in [5, 5.41) is 0. The zero-order chi connectivity index (χ0) is 16.0. The number of unbranched alkanes of at least 4 members (excludes halogenated alkanes) is 8. The van der Waals surface area contributed by atoms with Crippen LogP contribution in [0.25, 0.3) is 0 Å². The van der Waals surface area contributed by atoms with Crippen molar-refractivity contribution < 1.29 is 14.0 Å². The number of carbonyl (C=O) groups excluding carboxylic acids is 1. The average Bonchev–Trinajstić information content (AvgIpc) is 2.39. The summed E-state index contributed by atoms with van der Waals surface area (Å²) in [6.07, 6.45) is 11.5. The summed E-state index contributed by atoms with van der Waals surface area (Å²) in [5.74, 6) is -0.180. The van der Waals surface area contributed by atoms with E-state index >= 15 is 0 Å². The summed E-state index contributed by atoms with van der Waals surface area (Å²) in [6, 6.07) is 0. The quantitative estimate of drug-likeness (QED) is 0.205. The molecule has 0 aromatic carbocycles. The number of alkyl halides is 2. The van der Waals surface area contributed by atoms with Gasteiger partial charge in [-0.25, -0.2) is 0 Å². The third kappa shape index (κ3) is 16.4. The van der Waals surface area contributed by atoms with Gasteiger partial charge in [-0.05, 0) is 12.8 Å². The summed E-state index contributed by atoms with van der Waals surface area (Å²) in [6.45, 7) is 2.48. The van der Waals surface area contributed by atoms with Crippen LogP contribution in [0.5, 0.6) is 0 Å². The largest absolute Gasteiger partial charge is 0.466 e. The Bertz CT molecular complexity index is 263. The summed E-state index contributed by atoms with van der Waals surface area (Å²) >= 11 is 12.2. The first-order valence-corrected chi connectivity index (χ1v) is 9.55. The van der Waals surface area contributed by atoms with E-state index in [2.05, 4.69) is 0 Å². The van der Waals surface area contributed by atoms with Crippen LogP contribution in [-0.2, 0) is 14.0 Å². The highest BCUT2D eigenvalue weighted by Gasteiger charge is 2.22. The Morgan fingerprint density at radius 3 is 1.90 bits per heavy atom. The Kier molecular flexibility index (Phi) is 14.0. The molecule has 0 spiro atoms. The zero-order valence-corrected chi connectivity index (χ0v) is 17.0. The molecular weight excluding hydrogens is 327 g/mol. The van der Waals surface area contributed by atoms with E-state index in [9.17, 15) is 4.79 Å². The molecule has 0 saturated carbocycles. The Labute approximate surface area is 142 Å². The monoisotopic (exact) mass is 356 g/mol. The van der Waals surface area contributed by atoms with E-state index < -0.39 is 4.33 Å². The molecule has 0 aromatic rings. The molecule has 0 N–H and O–H groups in total. The van der Waals surface area contributed by atoms with Gasteiger partial charge in [0.15, 0.2) is 0 Å². The van der Waals surface area contributed by atoms with Gasteiger partial charge < -0.3 is 9.16 Å². The molecule has 6 heteroatoms. The van der Waals surface area contributed by atoms with E-state index in [1.54, 1.807) is 0 Å². The van der Waals surface area contributed by atoms with E-state index in [0.29, 0.717) is 23.7 Å². The zero-order valence-electron chi connectivity index (χ0n) is 13.5. The van der Waals surface area contributed by atoms with Gasteiger partial charge in [0.1, 0.15) is 14.8 Å². The van der Waals surface area contributed by atoms with Crippen LogP contribution in [0, 0.1) is 0 Å². The normalized spacial score (nSPS) is 11.8. The van der Waals surface area contributed by atoms with Gasteiger partial charge in [0.2, 0.25) is 0 Å². The van der Waals surface area contributed by atoms with Crippen molar-refractivity contribution in [3.05, 3.63) is 0 Å². The summed E-state index contributed by atoms with van der Waals surface area (Å²) in [7, 11) is 0.687. The van der Waals surface area contributed by atoms with Crippen LogP contribution in [0.1, 0.15) is 71.1 Å². The maximum atomic E-state index is 10.6. The van der Waals surface area contributed by atoms with Gasteiger partial charge in [0.25, 0.3) is 0 Å². The number of esters is 1. The molecule has 0 heterocycles. The molecular formula is C15H30Cl2O3Si. The molecule has 0 atom stereocenters. The number of carbonyl (C=O) groups is 1. The minimum atomic E-state index is -0.691. The highest BCUT2D eigenvalue weighted by molar-refractivity contribution is 6.48. The number of ether oxygens (including phenoxy) is 1. The Morgan fingerprint density at radius 2 is 1.43 bits per heavy atom.